The predicted molar refractivity (Wildman–Crippen MR) is 97.1 cm³/mol. The molecule has 1 spiro atoms. The van der Waals surface area contributed by atoms with Gasteiger partial charge in [-0.3, -0.25) is 0 Å². The Labute approximate surface area is 153 Å². The topological polar surface area (TPSA) is 84.4 Å². The Morgan fingerprint density at radius 2 is 1.88 bits per heavy atom. The smallest absolute Gasteiger partial charge is 0.243 e. The summed E-state index contributed by atoms with van der Waals surface area (Å²) in [7, 11) is -3.41. The van der Waals surface area contributed by atoms with E-state index in [-0.39, 0.29) is 5.60 Å². The molecule has 0 amide bonds. The summed E-state index contributed by atoms with van der Waals surface area (Å²) in [5, 5.41) is 3.22. The number of ether oxygens (including phenoxy) is 1. The summed E-state index contributed by atoms with van der Waals surface area (Å²) in [4.78, 5) is 8.64. The van der Waals surface area contributed by atoms with Crippen LogP contribution >= 0.6 is 0 Å². The quantitative estimate of drug-likeness (QED) is 0.858. The lowest BCUT2D eigenvalue weighted by molar-refractivity contribution is -0.155. The van der Waals surface area contributed by atoms with Gasteiger partial charge in [0.05, 0.1) is 17.1 Å². The van der Waals surface area contributed by atoms with Gasteiger partial charge in [0.15, 0.2) is 0 Å². The largest absolute Gasteiger partial charge is 0.372 e. The van der Waals surface area contributed by atoms with Crippen molar-refractivity contribution in [3.63, 3.8) is 0 Å². The first-order valence-electron chi connectivity index (χ1n) is 8.78. The van der Waals surface area contributed by atoms with Crippen LogP contribution in [-0.2, 0) is 14.8 Å². The minimum Gasteiger partial charge on any atom is -0.372 e. The van der Waals surface area contributed by atoms with Crippen LogP contribution in [0.15, 0.2) is 53.7 Å². The van der Waals surface area contributed by atoms with Gasteiger partial charge >= 0.3 is 0 Å². The van der Waals surface area contributed by atoms with Crippen molar-refractivity contribution in [1.29, 1.82) is 0 Å². The number of hydrogen-bond donors (Lipinski definition) is 1. The fourth-order valence-electron chi connectivity index (χ4n) is 3.46. The maximum atomic E-state index is 12.6. The summed E-state index contributed by atoms with van der Waals surface area (Å²) in [6.07, 6.45) is 5.28. The predicted octanol–water partition coefficient (Wildman–Crippen LogP) is 1.76. The molecule has 2 aliphatic heterocycles. The summed E-state index contributed by atoms with van der Waals surface area (Å²) >= 11 is 0. The average Bonchev–Trinajstić information content (AvgIpc) is 2.66. The molecule has 1 N–H and O–H groups in total. The average molecular weight is 374 g/mol. The van der Waals surface area contributed by atoms with Gasteiger partial charge in [-0.15, -0.1) is 0 Å². The van der Waals surface area contributed by atoms with E-state index in [0.717, 1.165) is 19.4 Å². The molecule has 0 aliphatic carbocycles. The van der Waals surface area contributed by atoms with Crippen LogP contribution in [0.3, 0.4) is 0 Å². The van der Waals surface area contributed by atoms with Crippen molar-refractivity contribution < 1.29 is 13.2 Å². The maximum absolute atomic E-state index is 12.6. The van der Waals surface area contributed by atoms with Crippen LogP contribution in [0.5, 0.6) is 0 Å². The first kappa shape index (κ1) is 17.4. The molecule has 0 bridgehead atoms. The molecule has 1 aromatic heterocycles. The summed E-state index contributed by atoms with van der Waals surface area (Å²) < 4.78 is 32.8. The first-order valence-corrected chi connectivity index (χ1v) is 10.2. The second-order valence-electron chi connectivity index (χ2n) is 6.94. The molecule has 2 aliphatic rings. The number of benzene rings is 1. The van der Waals surface area contributed by atoms with Gasteiger partial charge in [-0.2, -0.15) is 4.31 Å². The molecule has 0 radical (unpaired) electrons. The minimum absolute atomic E-state index is 0.318. The lowest BCUT2D eigenvalue weighted by Gasteiger charge is -2.51. The monoisotopic (exact) mass is 374 g/mol. The number of rotatable bonds is 5. The Bertz CT molecular complexity index is 829. The number of hydrogen-bond acceptors (Lipinski definition) is 6. The standard InChI is InChI=1S/C18H22N4O3S/c23-26(24,16-5-2-1-3-6-16)22-13-18(14-22)8-7-15(12-25-18)11-21-17-19-9-4-10-20-17/h1-6,9-10,15H,7-8,11-14H2,(H,19,20,21)/t15-/m1/s1. The van der Waals surface area contributed by atoms with Gasteiger partial charge in [0, 0.05) is 32.0 Å². The van der Waals surface area contributed by atoms with E-state index in [0.29, 0.717) is 36.5 Å². The highest BCUT2D eigenvalue weighted by atomic mass is 32.2. The molecule has 3 heterocycles. The summed E-state index contributed by atoms with van der Waals surface area (Å²) in [5.74, 6) is 1.00. The van der Waals surface area contributed by atoms with Gasteiger partial charge in [0.25, 0.3) is 0 Å². The molecule has 4 rings (SSSR count). The van der Waals surface area contributed by atoms with Crippen molar-refractivity contribution >= 4 is 16.0 Å². The van der Waals surface area contributed by atoms with E-state index in [1.807, 2.05) is 6.07 Å². The van der Waals surface area contributed by atoms with Crippen molar-refractivity contribution in [3.05, 3.63) is 48.8 Å². The number of nitrogens with one attached hydrogen (secondary N) is 1. The maximum Gasteiger partial charge on any atom is 0.243 e. The van der Waals surface area contributed by atoms with Crippen molar-refractivity contribution in [2.24, 2.45) is 5.92 Å². The van der Waals surface area contributed by atoms with Gasteiger partial charge in [0.1, 0.15) is 0 Å². The van der Waals surface area contributed by atoms with Crippen LogP contribution in [0.2, 0.25) is 0 Å². The highest BCUT2D eigenvalue weighted by Gasteiger charge is 2.51. The number of anilines is 1. The van der Waals surface area contributed by atoms with E-state index in [1.54, 1.807) is 42.7 Å². The van der Waals surface area contributed by atoms with Crippen LogP contribution in [0.1, 0.15) is 12.8 Å². The van der Waals surface area contributed by atoms with Gasteiger partial charge < -0.3 is 10.1 Å². The van der Waals surface area contributed by atoms with E-state index in [1.165, 1.54) is 4.31 Å². The molecule has 26 heavy (non-hydrogen) atoms. The Hall–Kier alpha value is -2.03. The minimum atomic E-state index is -3.41. The van der Waals surface area contributed by atoms with Crippen molar-refractivity contribution in [2.75, 3.05) is 31.6 Å². The zero-order valence-corrected chi connectivity index (χ0v) is 15.2. The Balaban J connectivity index is 1.28. The second kappa shape index (κ2) is 6.94. The number of nitrogens with zero attached hydrogens (tertiary/aromatic N) is 3. The number of sulfonamides is 1. The third-order valence-electron chi connectivity index (χ3n) is 5.06. The summed E-state index contributed by atoms with van der Waals surface area (Å²) in [6.45, 7) is 2.25. The van der Waals surface area contributed by atoms with Crippen molar-refractivity contribution in [3.8, 4) is 0 Å². The van der Waals surface area contributed by atoms with Crippen molar-refractivity contribution in [1.82, 2.24) is 14.3 Å². The molecule has 1 aromatic carbocycles. The van der Waals surface area contributed by atoms with Crippen LogP contribution < -0.4 is 5.32 Å². The highest BCUT2D eigenvalue weighted by Crippen LogP contribution is 2.38. The zero-order valence-electron chi connectivity index (χ0n) is 14.4. The Kier molecular flexibility index (Phi) is 4.64. The van der Waals surface area contributed by atoms with Gasteiger partial charge in [0.2, 0.25) is 16.0 Å². The second-order valence-corrected chi connectivity index (χ2v) is 8.88. The SMILES string of the molecule is O=S(=O)(c1ccccc1)N1CC2(CC[C@H](CNc3ncccn3)CO2)C1. The fraction of sp³-hybridized carbons (Fsp3) is 0.444. The molecule has 8 heteroatoms. The molecule has 2 saturated heterocycles. The highest BCUT2D eigenvalue weighted by molar-refractivity contribution is 7.89. The molecule has 1 atom stereocenters. The normalized spacial score (nSPS) is 22.7. The Morgan fingerprint density at radius 1 is 1.15 bits per heavy atom. The number of aromatic nitrogens is 2. The van der Waals surface area contributed by atoms with E-state index in [9.17, 15) is 8.42 Å². The van der Waals surface area contributed by atoms with E-state index in [2.05, 4.69) is 15.3 Å². The molecule has 138 valence electrons. The Morgan fingerprint density at radius 3 is 2.54 bits per heavy atom. The lowest BCUT2D eigenvalue weighted by Crippen LogP contribution is -2.66. The van der Waals surface area contributed by atoms with Gasteiger partial charge in [-0.1, -0.05) is 18.2 Å². The molecule has 7 nitrogen and oxygen atoms in total. The van der Waals surface area contributed by atoms with E-state index in [4.69, 9.17) is 4.74 Å². The fourth-order valence-corrected chi connectivity index (χ4v) is 5.07. The van der Waals surface area contributed by atoms with E-state index < -0.39 is 10.0 Å². The molecular weight excluding hydrogens is 352 g/mol. The first-order chi connectivity index (χ1) is 12.6. The van der Waals surface area contributed by atoms with Gasteiger partial charge in [-0.05, 0) is 37.0 Å². The molecule has 0 unspecified atom stereocenters. The third-order valence-corrected chi connectivity index (χ3v) is 6.86. The molecular formula is C18H22N4O3S. The van der Waals surface area contributed by atoms with Crippen LogP contribution in [0.4, 0.5) is 5.95 Å². The molecule has 2 fully saturated rings. The van der Waals surface area contributed by atoms with Crippen LogP contribution in [0.25, 0.3) is 0 Å². The van der Waals surface area contributed by atoms with Crippen molar-refractivity contribution in [2.45, 2.75) is 23.3 Å². The third kappa shape index (κ3) is 3.44. The lowest BCUT2D eigenvalue weighted by atomic mass is 9.84. The van der Waals surface area contributed by atoms with Crippen LogP contribution in [0, 0.1) is 5.92 Å². The summed E-state index contributed by atoms with van der Waals surface area (Å²) in [5.41, 5.74) is -0.318. The summed E-state index contributed by atoms with van der Waals surface area (Å²) in [6, 6.07) is 10.4. The molecule has 0 saturated carbocycles. The zero-order chi connectivity index (χ0) is 18.0. The van der Waals surface area contributed by atoms with E-state index >= 15 is 0 Å². The van der Waals surface area contributed by atoms with Crippen LogP contribution in [-0.4, -0.2) is 54.5 Å². The van der Waals surface area contributed by atoms with Gasteiger partial charge in [-0.25, -0.2) is 18.4 Å². The molecule has 2 aromatic rings.